The van der Waals surface area contributed by atoms with Gasteiger partial charge in [0.1, 0.15) is 11.5 Å². The summed E-state index contributed by atoms with van der Waals surface area (Å²) in [7, 11) is 0. The van der Waals surface area contributed by atoms with E-state index in [9.17, 15) is 4.79 Å². The number of para-hydroxylation sites is 1. The van der Waals surface area contributed by atoms with Crippen molar-refractivity contribution in [1.29, 1.82) is 0 Å². The molecule has 5 aromatic rings. The highest BCUT2D eigenvalue weighted by Gasteiger charge is 2.18. The average Bonchev–Trinajstić information content (AvgIpc) is 3.53. The Balaban J connectivity index is 1.31. The number of benzene rings is 3. The fraction of sp³-hybridized carbons (Fsp3) is 0.107. The number of carbonyl (C=O) groups is 1. The first kappa shape index (κ1) is 21.4. The van der Waals surface area contributed by atoms with Gasteiger partial charge in [0, 0.05) is 43.7 Å². The second kappa shape index (κ2) is 10.0. The summed E-state index contributed by atoms with van der Waals surface area (Å²) in [6.07, 6.45) is 6.21. The highest BCUT2D eigenvalue weighted by atomic mass is 16.1. The van der Waals surface area contributed by atoms with Gasteiger partial charge in [-0.05, 0) is 17.7 Å². The minimum absolute atomic E-state index is 0.151. The van der Waals surface area contributed by atoms with Gasteiger partial charge in [-0.1, -0.05) is 78.9 Å². The molecule has 0 fully saturated rings. The summed E-state index contributed by atoms with van der Waals surface area (Å²) in [6, 6.07) is 29.9. The number of nitrogens with zero attached hydrogens (tertiary/aromatic N) is 4. The van der Waals surface area contributed by atoms with E-state index in [2.05, 4.69) is 27.0 Å². The van der Waals surface area contributed by atoms with E-state index < -0.39 is 0 Å². The zero-order chi connectivity index (χ0) is 23.2. The van der Waals surface area contributed by atoms with Crippen molar-refractivity contribution < 1.29 is 4.79 Å². The van der Waals surface area contributed by atoms with E-state index in [1.54, 1.807) is 17.1 Å². The van der Waals surface area contributed by atoms with Crippen molar-refractivity contribution in [2.24, 2.45) is 0 Å². The van der Waals surface area contributed by atoms with Crippen molar-refractivity contribution in [2.75, 3.05) is 6.54 Å². The van der Waals surface area contributed by atoms with Crippen LogP contribution in [-0.4, -0.2) is 31.8 Å². The Bertz CT molecular complexity index is 1360. The predicted octanol–water partition coefficient (Wildman–Crippen LogP) is 4.76. The third-order valence-electron chi connectivity index (χ3n) is 5.66. The predicted molar refractivity (Wildman–Crippen MR) is 133 cm³/mol. The van der Waals surface area contributed by atoms with Crippen LogP contribution in [-0.2, 0) is 13.0 Å². The molecule has 168 valence electrons. The molecule has 2 heterocycles. The van der Waals surface area contributed by atoms with Gasteiger partial charge in [-0.25, -0.2) is 9.67 Å². The van der Waals surface area contributed by atoms with Crippen LogP contribution >= 0.6 is 0 Å². The molecule has 3 aromatic carbocycles. The molecule has 0 bridgehead atoms. The van der Waals surface area contributed by atoms with E-state index in [0.29, 0.717) is 24.2 Å². The molecule has 0 atom stereocenters. The summed E-state index contributed by atoms with van der Waals surface area (Å²) in [5.41, 5.74) is 4.23. The molecule has 0 unspecified atom stereocenters. The maximum atomic E-state index is 13.2. The molecule has 0 saturated heterocycles. The maximum absolute atomic E-state index is 13.2. The van der Waals surface area contributed by atoms with Gasteiger partial charge in [0.05, 0.1) is 11.3 Å². The smallest absolute Gasteiger partial charge is 0.255 e. The van der Waals surface area contributed by atoms with Crippen LogP contribution in [0.15, 0.2) is 110 Å². The second-order valence-corrected chi connectivity index (χ2v) is 8.00. The molecule has 0 aliphatic rings. The Morgan fingerprint density at radius 1 is 0.853 bits per heavy atom. The summed E-state index contributed by atoms with van der Waals surface area (Å²) in [5.74, 6) is 0.787. The van der Waals surface area contributed by atoms with Crippen LogP contribution in [0.4, 0.5) is 0 Å². The quantitative estimate of drug-likeness (QED) is 0.373. The van der Waals surface area contributed by atoms with Crippen LogP contribution in [0.25, 0.3) is 16.9 Å². The van der Waals surface area contributed by atoms with Crippen molar-refractivity contribution in [1.82, 2.24) is 24.6 Å². The number of hydrogen-bond acceptors (Lipinski definition) is 3. The third kappa shape index (κ3) is 4.81. The van der Waals surface area contributed by atoms with Gasteiger partial charge in [-0.3, -0.25) is 4.79 Å². The van der Waals surface area contributed by atoms with E-state index >= 15 is 0 Å². The maximum Gasteiger partial charge on any atom is 0.255 e. The number of aromatic nitrogens is 4. The third-order valence-corrected chi connectivity index (χ3v) is 5.66. The summed E-state index contributed by atoms with van der Waals surface area (Å²) < 4.78 is 3.87. The molecule has 1 N–H and O–H groups in total. The molecule has 0 aliphatic heterocycles. The topological polar surface area (TPSA) is 64.7 Å². The first-order chi connectivity index (χ1) is 16.8. The van der Waals surface area contributed by atoms with Gasteiger partial charge in [-0.2, -0.15) is 5.10 Å². The highest BCUT2D eigenvalue weighted by molar-refractivity contribution is 5.99. The molecule has 0 saturated carbocycles. The van der Waals surface area contributed by atoms with E-state index in [1.165, 1.54) is 5.56 Å². The second-order valence-electron chi connectivity index (χ2n) is 8.00. The number of nitrogens with one attached hydrogen (secondary N) is 1. The van der Waals surface area contributed by atoms with Crippen LogP contribution in [0.2, 0.25) is 0 Å². The molecule has 6 heteroatoms. The lowest BCUT2D eigenvalue weighted by Crippen LogP contribution is -2.26. The minimum Gasteiger partial charge on any atom is -0.351 e. The Morgan fingerprint density at radius 2 is 1.53 bits per heavy atom. The van der Waals surface area contributed by atoms with E-state index in [0.717, 1.165) is 23.6 Å². The first-order valence-electron chi connectivity index (χ1n) is 11.3. The summed E-state index contributed by atoms with van der Waals surface area (Å²) in [5, 5.41) is 7.79. The standard InChI is InChI=1S/C28H25N5O/c34-28(30-17-16-26-29-18-19-32(26)20-22-10-4-1-5-11-22)25-21-33(24-14-8-3-9-15-24)31-27(25)23-12-6-2-7-13-23/h1-15,18-19,21H,16-17,20H2,(H,30,34). The number of rotatable bonds is 8. The van der Waals surface area contributed by atoms with Crippen molar-refractivity contribution >= 4 is 5.91 Å². The fourth-order valence-corrected chi connectivity index (χ4v) is 3.94. The first-order valence-corrected chi connectivity index (χ1v) is 11.3. The SMILES string of the molecule is O=C(NCCc1nccn1Cc1ccccc1)c1cn(-c2ccccc2)nc1-c1ccccc1. The number of amides is 1. The van der Waals surface area contributed by atoms with Gasteiger partial charge >= 0.3 is 0 Å². The molecule has 0 aliphatic carbocycles. The summed E-state index contributed by atoms with van der Waals surface area (Å²) in [4.78, 5) is 17.7. The van der Waals surface area contributed by atoms with Crippen LogP contribution in [0, 0.1) is 0 Å². The Labute approximate surface area is 198 Å². The van der Waals surface area contributed by atoms with Crippen molar-refractivity contribution in [3.8, 4) is 16.9 Å². The minimum atomic E-state index is -0.151. The van der Waals surface area contributed by atoms with Gasteiger partial charge in [0.15, 0.2) is 0 Å². The highest BCUT2D eigenvalue weighted by Crippen LogP contribution is 2.23. The molecule has 34 heavy (non-hydrogen) atoms. The number of imidazole rings is 1. The zero-order valence-electron chi connectivity index (χ0n) is 18.7. The zero-order valence-corrected chi connectivity index (χ0v) is 18.7. The molecule has 6 nitrogen and oxygen atoms in total. The van der Waals surface area contributed by atoms with E-state index in [-0.39, 0.29) is 5.91 Å². The van der Waals surface area contributed by atoms with E-state index in [1.807, 2.05) is 85.1 Å². The molecule has 0 spiro atoms. The summed E-state index contributed by atoms with van der Waals surface area (Å²) in [6.45, 7) is 1.24. The molecule has 2 aromatic heterocycles. The van der Waals surface area contributed by atoms with Crippen molar-refractivity contribution in [2.45, 2.75) is 13.0 Å². The lowest BCUT2D eigenvalue weighted by Gasteiger charge is -2.09. The number of hydrogen-bond donors (Lipinski definition) is 1. The fourth-order valence-electron chi connectivity index (χ4n) is 3.94. The van der Waals surface area contributed by atoms with Gasteiger partial charge < -0.3 is 9.88 Å². The van der Waals surface area contributed by atoms with Crippen LogP contribution in [0.3, 0.4) is 0 Å². The van der Waals surface area contributed by atoms with Crippen LogP contribution in [0.1, 0.15) is 21.7 Å². The molecule has 5 rings (SSSR count). The normalized spacial score (nSPS) is 10.8. The van der Waals surface area contributed by atoms with Gasteiger partial charge in [0.2, 0.25) is 0 Å². The molecular formula is C28H25N5O. The average molecular weight is 448 g/mol. The lowest BCUT2D eigenvalue weighted by atomic mass is 10.1. The molecular weight excluding hydrogens is 422 g/mol. The lowest BCUT2D eigenvalue weighted by molar-refractivity contribution is 0.0954. The van der Waals surface area contributed by atoms with Gasteiger partial charge in [-0.15, -0.1) is 0 Å². The Hall–Kier alpha value is -4.45. The van der Waals surface area contributed by atoms with E-state index in [4.69, 9.17) is 5.10 Å². The monoisotopic (exact) mass is 447 g/mol. The number of carbonyl (C=O) groups excluding carboxylic acids is 1. The van der Waals surface area contributed by atoms with Crippen molar-refractivity contribution in [3.63, 3.8) is 0 Å². The summed E-state index contributed by atoms with van der Waals surface area (Å²) >= 11 is 0. The largest absolute Gasteiger partial charge is 0.351 e. The molecule has 0 radical (unpaired) electrons. The van der Waals surface area contributed by atoms with Crippen LogP contribution in [0.5, 0.6) is 0 Å². The van der Waals surface area contributed by atoms with Gasteiger partial charge in [0.25, 0.3) is 5.91 Å². The van der Waals surface area contributed by atoms with Crippen molar-refractivity contribution in [3.05, 3.63) is 127 Å². The van der Waals surface area contributed by atoms with Crippen LogP contribution < -0.4 is 5.32 Å². The Morgan fingerprint density at radius 3 is 2.26 bits per heavy atom. The molecule has 1 amide bonds. The Kier molecular flexibility index (Phi) is 6.29.